The van der Waals surface area contributed by atoms with E-state index >= 15 is 0 Å². The quantitative estimate of drug-likeness (QED) is 0.476. The van der Waals surface area contributed by atoms with Gasteiger partial charge in [-0.3, -0.25) is 4.79 Å². The number of esters is 1. The summed E-state index contributed by atoms with van der Waals surface area (Å²) in [5.74, 6) is -0.0283. The second kappa shape index (κ2) is 4.96. The van der Waals surface area contributed by atoms with Gasteiger partial charge in [-0.15, -0.1) is 0 Å². The van der Waals surface area contributed by atoms with Crippen molar-refractivity contribution in [2.24, 2.45) is 0 Å². The molecular formula is C10H16O2. The Kier molecular flexibility index (Phi) is 3.85. The van der Waals surface area contributed by atoms with Crippen LogP contribution in [0.25, 0.3) is 0 Å². The summed E-state index contributed by atoms with van der Waals surface area (Å²) in [4.78, 5) is 10.7. The van der Waals surface area contributed by atoms with Crippen LogP contribution in [0.5, 0.6) is 0 Å². The largest absolute Gasteiger partial charge is 0.462 e. The van der Waals surface area contributed by atoms with Crippen molar-refractivity contribution < 1.29 is 9.53 Å². The zero-order valence-corrected chi connectivity index (χ0v) is 7.58. The van der Waals surface area contributed by atoms with E-state index in [4.69, 9.17) is 4.74 Å². The lowest BCUT2D eigenvalue weighted by molar-refractivity contribution is -0.141. The molecule has 0 unspecified atom stereocenters. The van der Waals surface area contributed by atoms with Crippen LogP contribution in [0.3, 0.4) is 0 Å². The maximum Gasteiger partial charge on any atom is 0.306 e. The molecule has 0 aliphatic carbocycles. The van der Waals surface area contributed by atoms with Crippen LogP contribution in [0, 0.1) is 0 Å². The van der Waals surface area contributed by atoms with Crippen LogP contribution in [0.15, 0.2) is 12.2 Å². The molecule has 0 bridgehead atoms. The van der Waals surface area contributed by atoms with Crippen LogP contribution in [0.1, 0.15) is 39.0 Å². The SMILES string of the molecule is CC/C=C\CC[C@@H]1CCC(=O)O1. The summed E-state index contributed by atoms with van der Waals surface area (Å²) in [5.41, 5.74) is 0. The Labute approximate surface area is 73.6 Å². The molecular weight excluding hydrogens is 152 g/mol. The lowest BCUT2D eigenvalue weighted by Gasteiger charge is -2.05. The lowest BCUT2D eigenvalue weighted by Crippen LogP contribution is -2.05. The summed E-state index contributed by atoms with van der Waals surface area (Å²) >= 11 is 0. The van der Waals surface area contributed by atoms with Crippen molar-refractivity contribution in [2.45, 2.75) is 45.1 Å². The molecule has 1 heterocycles. The fourth-order valence-electron chi connectivity index (χ4n) is 1.35. The first kappa shape index (κ1) is 9.30. The molecule has 1 aliphatic rings. The summed E-state index contributed by atoms with van der Waals surface area (Å²) in [6.45, 7) is 2.12. The van der Waals surface area contributed by atoms with E-state index in [-0.39, 0.29) is 12.1 Å². The Bertz CT molecular complexity index is 173. The Balaban J connectivity index is 2.08. The third-order valence-electron chi connectivity index (χ3n) is 2.03. The number of carbonyl (C=O) groups excluding carboxylic acids is 1. The Morgan fingerprint density at radius 3 is 3.00 bits per heavy atom. The molecule has 0 radical (unpaired) electrons. The van der Waals surface area contributed by atoms with Crippen molar-refractivity contribution in [3.8, 4) is 0 Å². The molecule has 1 fully saturated rings. The Hall–Kier alpha value is -0.790. The summed E-state index contributed by atoms with van der Waals surface area (Å²) < 4.78 is 5.07. The van der Waals surface area contributed by atoms with Gasteiger partial charge < -0.3 is 4.74 Å². The van der Waals surface area contributed by atoms with Gasteiger partial charge in [-0.1, -0.05) is 19.1 Å². The number of hydrogen-bond acceptors (Lipinski definition) is 2. The number of cyclic esters (lactones) is 1. The van der Waals surface area contributed by atoms with E-state index in [1.807, 2.05) is 0 Å². The molecule has 2 heteroatoms. The highest BCUT2D eigenvalue weighted by Gasteiger charge is 2.21. The van der Waals surface area contributed by atoms with Crippen LogP contribution in [0.4, 0.5) is 0 Å². The molecule has 12 heavy (non-hydrogen) atoms. The molecule has 0 aromatic rings. The number of rotatable bonds is 4. The molecule has 1 saturated heterocycles. The molecule has 1 aliphatic heterocycles. The smallest absolute Gasteiger partial charge is 0.306 e. The summed E-state index contributed by atoms with van der Waals surface area (Å²) in [7, 11) is 0. The van der Waals surface area contributed by atoms with E-state index in [0.717, 1.165) is 25.7 Å². The van der Waals surface area contributed by atoms with Gasteiger partial charge in [0.05, 0.1) is 0 Å². The van der Waals surface area contributed by atoms with E-state index < -0.39 is 0 Å². The number of allylic oxidation sites excluding steroid dienone is 2. The highest BCUT2D eigenvalue weighted by molar-refractivity contribution is 5.71. The third-order valence-corrected chi connectivity index (χ3v) is 2.03. The van der Waals surface area contributed by atoms with Crippen LogP contribution < -0.4 is 0 Å². The van der Waals surface area contributed by atoms with Gasteiger partial charge in [0.1, 0.15) is 6.10 Å². The fraction of sp³-hybridized carbons (Fsp3) is 0.700. The van der Waals surface area contributed by atoms with Crippen LogP contribution in [-0.4, -0.2) is 12.1 Å². The minimum atomic E-state index is -0.0283. The standard InChI is InChI=1S/C10H16O2/c1-2-3-4-5-6-9-7-8-10(11)12-9/h3-4,9H,2,5-8H2,1H3/b4-3-/t9-/m1/s1. The van der Waals surface area contributed by atoms with Crippen LogP contribution in [-0.2, 0) is 9.53 Å². The fourth-order valence-corrected chi connectivity index (χ4v) is 1.35. The van der Waals surface area contributed by atoms with Crippen LogP contribution in [0.2, 0.25) is 0 Å². The molecule has 0 aromatic heterocycles. The maximum absolute atomic E-state index is 10.7. The zero-order valence-electron chi connectivity index (χ0n) is 7.58. The summed E-state index contributed by atoms with van der Waals surface area (Å²) in [6.07, 6.45) is 9.14. The van der Waals surface area contributed by atoms with Crippen molar-refractivity contribution in [3.63, 3.8) is 0 Å². The van der Waals surface area contributed by atoms with Crippen LogP contribution >= 0.6 is 0 Å². The van der Waals surface area contributed by atoms with E-state index in [9.17, 15) is 4.79 Å². The molecule has 1 atom stereocenters. The summed E-state index contributed by atoms with van der Waals surface area (Å²) in [6, 6.07) is 0. The molecule has 0 N–H and O–H groups in total. The van der Waals surface area contributed by atoms with Crippen molar-refractivity contribution in [3.05, 3.63) is 12.2 Å². The predicted molar refractivity (Wildman–Crippen MR) is 47.8 cm³/mol. The first-order valence-corrected chi connectivity index (χ1v) is 4.67. The molecule has 0 saturated carbocycles. The lowest BCUT2D eigenvalue weighted by atomic mass is 10.1. The minimum Gasteiger partial charge on any atom is -0.462 e. The normalized spacial score (nSPS) is 23.4. The van der Waals surface area contributed by atoms with E-state index in [0.29, 0.717) is 6.42 Å². The Morgan fingerprint density at radius 1 is 1.58 bits per heavy atom. The number of hydrogen-bond donors (Lipinski definition) is 0. The first-order valence-electron chi connectivity index (χ1n) is 4.67. The average molecular weight is 168 g/mol. The van der Waals surface area contributed by atoms with Crippen molar-refractivity contribution in [2.75, 3.05) is 0 Å². The van der Waals surface area contributed by atoms with Crippen molar-refractivity contribution >= 4 is 5.97 Å². The van der Waals surface area contributed by atoms with E-state index in [2.05, 4.69) is 19.1 Å². The topological polar surface area (TPSA) is 26.3 Å². The highest BCUT2D eigenvalue weighted by atomic mass is 16.5. The Morgan fingerprint density at radius 2 is 2.42 bits per heavy atom. The monoisotopic (exact) mass is 168 g/mol. The molecule has 2 nitrogen and oxygen atoms in total. The van der Waals surface area contributed by atoms with Gasteiger partial charge in [-0.2, -0.15) is 0 Å². The molecule has 0 spiro atoms. The molecule has 68 valence electrons. The van der Waals surface area contributed by atoms with E-state index in [1.54, 1.807) is 0 Å². The second-order valence-electron chi connectivity index (χ2n) is 3.11. The minimum absolute atomic E-state index is 0.0283. The maximum atomic E-state index is 10.7. The molecule has 0 aromatic carbocycles. The van der Waals surface area contributed by atoms with E-state index in [1.165, 1.54) is 0 Å². The van der Waals surface area contributed by atoms with Crippen molar-refractivity contribution in [1.29, 1.82) is 0 Å². The zero-order chi connectivity index (χ0) is 8.81. The van der Waals surface area contributed by atoms with Gasteiger partial charge in [-0.05, 0) is 25.7 Å². The summed E-state index contributed by atoms with van der Waals surface area (Å²) in [5, 5.41) is 0. The van der Waals surface area contributed by atoms with Gasteiger partial charge in [0.15, 0.2) is 0 Å². The molecule has 0 amide bonds. The second-order valence-corrected chi connectivity index (χ2v) is 3.11. The highest BCUT2D eigenvalue weighted by Crippen LogP contribution is 2.18. The van der Waals surface area contributed by atoms with Gasteiger partial charge in [0.2, 0.25) is 0 Å². The van der Waals surface area contributed by atoms with Gasteiger partial charge >= 0.3 is 5.97 Å². The third kappa shape index (κ3) is 3.07. The van der Waals surface area contributed by atoms with Crippen molar-refractivity contribution in [1.82, 2.24) is 0 Å². The van der Waals surface area contributed by atoms with Gasteiger partial charge in [0, 0.05) is 6.42 Å². The molecule has 1 rings (SSSR count). The number of carbonyl (C=O) groups is 1. The predicted octanol–water partition coefficient (Wildman–Crippen LogP) is 2.44. The number of ether oxygens (including phenoxy) is 1. The first-order chi connectivity index (χ1) is 5.83. The van der Waals surface area contributed by atoms with Gasteiger partial charge in [-0.25, -0.2) is 0 Å². The average Bonchev–Trinajstić information content (AvgIpc) is 2.45. The van der Waals surface area contributed by atoms with Gasteiger partial charge in [0.25, 0.3) is 0 Å².